The number of aromatic amines is 1. The van der Waals surface area contributed by atoms with Gasteiger partial charge in [-0.1, -0.05) is 39.4 Å². The third-order valence-electron chi connectivity index (χ3n) is 8.04. The Kier molecular flexibility index (Phi) is 4.58. The Morgan fingerprint density at radius 3 is 2.32 bits per heavy atom. The number of amides is 2. The second-order valence-corrected chi connectivity index (χ2v) is 12.6. The van der Waals surface area contributed by atoms with Gasteiger partial charge in [-0.05, 0) is 66.1 Å². The van der Waals surface area contributed by atoms with E-state index in [-0.39, 0.29) is 57.4 Å². The van der Waals surface area contributed by atoms with Crippen molar-refractivity contribution in [2.24, 2.45) is 29.6 Å². The van der Waals surface area contributed by atoms with Gasteiger partial charge < -0.3 is 4.98 Å². The van der Waals surface area contributed by atoms with Crippen molar-refractivity contribution in [1.82, 2.24) is 4.98 Å². The predicted molar refractivity (Wildman–Crippen MR) is 132 cm³/mol. The van der Waals surface area contributed by atoms with E-state index in [1.54, 1.807) is 11.8 Å². The Bertz CT molecular complexity index is 1400. The number of imide groups is 1. The highest BCUT2D eigenvalue weighted by Crippen LogP contribution is 2.68. The van der Waals surface area contributed by atoms with Crippen LogP contribution < -0.4 is 9.77 Å². The van der Waals surface area contributed by atoms with Crippen LogP contribution in [0.3, 0.4) is 0 Å². The summed E-state index contributed by atoms with van der Waals surface area (Å²) in [6, 6.07) is 13.8. The van der Waals surface area contributed by atoms with Crippen molar-refractivity contribution in [3.8, 4) is 0 Å². The SMILES string of the molecule is O=C1C2C3CC(C2C(=O)N1c1ccc(F)cc1)C1C(c2ccc(Br)cc2)c2sc(=O)[nH]c2SC31. The van der Waals surface area contributed by atoms with Crippen molar-refractivity contribution in [2.45, 2.75) is 22.6 Å². The normalized spacial score (nSPS) is 33.2. The minimum atomic E-state index is -0.400. The number of halogens is 2. The number of benzene rings is 2. The molecule has 1 N–H and O–H groups in total. The Morgan fingerprint density at radius 1 is 0.941 bits per heavy atom. The monoisotopic (exact) mass is 556 g/mol. The molecule has 2 aliphatic carbocycles. The lowest BCUT2D eigenvalue weighted by Crippen LogP contribution is -2.42. The molecule has 172 valence electrons. The zero-order chi connectivity index (χ0) is 23.3. The largest absolute Gasteiger partial charge is 0.307 e. The minimum absolute atomic E-state index is 0.0111. The molecule has 7 atom stereocenters. The van der Waals surface area contributed by atoms with Gasteiger partial charge in [0, 0.05) is 20.5 Å². The molecule has 1 aromatic heterocycles. The lowest BCUT2D eigenvalue weighted by Gasteiger charge is -2.43. The van der Waals surface area contributed by atoms with E-state index in [9.17, 15) is 18.8 Å². The number of anilines is 1. The third kappa shape index (κ3) is 2.80. The minimum Gasteiger partial charge on any atom is -0.307 e. The van der Waals surface area contributed by atoms with Gasteiger partial charge in [-0.2, -0.15) is 0 Å². The zero-order valence-electron chi connectivity index (χ0n) is 17.6. The Morgan fingerprint density at radius 2 is 1.62 bits per heavy atom. The van der Waals surface area contributed by atoms with Crippen LogP contribution in [0, 0.1) is 35.4 Å². The summed E-state index contributed by atoms with van der Waals surface area (Å²) in [6.07, 6.45) is 0.846. The number of thioether (sulfide) groups is 1. The Hall–Kier alpha value is -2.23. The first-order chi connectivity index (χ1) is 16.4. The molecule has 4 aliphatic rings. The highest BCUT2D eigenvalue weighted by atomic mass is 79.9. The second-order valence-electron chi connectivity index (χ2n) is 9.50. The highest BCUT2D eigenvalue weighted by Gasteiger charge is 2.69. The number of hydrogen-bond donors (Lipinski definition) is 1. The van der Waals surface area contributed by atoms with Gasteiger partial charge in [0.2, 0.25) is 11.8 Å². The van der Waals surface area contributed by atoms with E-state index in [1.165, 1.54) is 40.5 Å². The average molecular weight is 557 g/mol. The van der Waals surface area contributed by atoms with Crippen LogP contribution in [-0.4, -0.2) is 22.0 Å². The lowest BCUT2D eigenvalue weighted by atomic mass is 9.68. The number of nitrogens with one attached hydrogen (secondary N) is 1. The number of thiazole rings is 1. The van der Waals surface area contributed by atoms with Crippen LogP contribution in [-0.2, 0) is 9.59 Å². The number of carbonyl (C=O) groups excluding carboxylic acids is 2. The van der Waals surface area contributed by atoms with Gasteiger partial charge in [0.15, 0.2) is 0 Å². The molecule has 34 heavy (non-hydrogen) atoms. The van der Waals surface area contributed by atoms with E-state index in [0.717, 1.165) is 26.4 Å². The summed E-state index contributed by atoms with van der Waals surface area (Å²) in [5.41, 5.74) is 1.57. The highest BCUT2D eigenvalue weighted by molar-refractivity contribution is 9.10. The molecule has 2 aromatic carbocycles. The van der Waals surface area contributed by atoms with Gasteiger partial charge in [0.1, 0.15) is 5.82 Å². The lowest BCUT2D eigenvalue weighted by molar-refractivity contribution is -0.123. The molecule has 2 amide bonds. The number of nitrogens with zero attached hydrogens (tertiary/aromatic N) is 1. The fraction of sp³-hybridized carbons (Fsp3) is 0.320. The molecular weight excluding hydrogens is 539 g/mol. The molecule has 3 heterocycles. The van der Waals surface area contributed by atoms with Crippen LogP contribution in [0.2, 0.25) is 0 Å². The Balaban J connectivity index is 1.32. The molecule has 3 fully saturated rings. The van der Waals surface area contributed by atoms with E-state index < -0.39 is 5.82 Å². The zero-order valence-corrected chi connectivity index (χ0v) is 20.8. The molecule has 2 aliphatic heterocycles. The molecule has 7 rings (SSSR count). The molecule has 2 saturated carbocycles. The first kappa shape index (κ1) is 21.1. The average Bonchev–Trinajstić information content (AvgIpc) is 3.54. The number of hydrogen-bond acceptors (Lipinski definition) is 5. The quantitative estimate of drug-likeness (QED) is 0.450. The fourth-order valence-electron chi connectivity index (χ4n) is 6.90. The van der Waals surface area contributed by atoms with Crippen LogP contribution in [0.15, 0.2) is 62.8 Å². The van der Waals surface area contributed by atoms with E-state index in [1.807, 2.05) is 12.1 Å². The van der Waals surface area contributed by atoms with Gasteiger partial charge in [0.05, 0.1) is 22.5 Å². The van der Waals surface area contributed by atoms with Crippen molar-refractivity contribution in [2.75, 3.05) is 4.90 Å². The van der Waals surface area contributed by atoms with Crippen LogP contribution >= 0.6 is 39.0 Å². The van der Waals surface area contributed by atoms with Gasteiger partial charge >= 0.3 is 4.87 Å². The maximum atomic E-state index is 13.6. The van der Waals surface area contributed by atoms with Gasteiger partial charge in [0.25, 0.3) is 0 Å². The van der Waals surface area contributed by atoms with E-state index in [4.69, 9.17) is 0 Å². The van der Waals surface area contributed by atoms with Crippen LogP contribution in [0.5, 0.6) is 0 Å². The summed E-state index contributed by atoms with van der Waals surface area (Å²) in [7, 11) is 0. The second kappa shape index (κ2) is 7.38. The summed E-state index contributed by atoms with van der Waals surface area (Å²) in [6.45, 7) is 0. The summed E-state index contributed by atoms with van der Waals surface area (Å²) in [5.74, 6) is -1.14. The number of fused-ring (bicyclic) bond motifs is 9. The maximum Gasteiger partial charge on any atom is 0.305 e. The molecular formula is C25H18BrFN2O3S2. The van der Waals surface area contributed by atoms with Crippen LogP contribution in [0.4, 0.5) is 10.1 Å². The standard InChI is InChI=1S/C25H18BrFN2O3S2/c26-11-3-1-10(2-4-11)16-17-14-9-15(20(17)33-22-21(16)34-25(32)28-22)19-18(14)23(30)29(24(19)31)13-7-5-12(27)6-8-13/h1-8,14-20H,9H2,(H,28,32). The molecule has 0 radical (unpaired) electrons. The smallest absolute Gasteiger partial charge is 0.305 e. The van der Waals surface area contributed by atoms with Crippen molar-refractivity contribution < 1.29 is 14.0 Å². The van der Waals surface area contributed by atoms with Crippen molar-refractivity contribution >= 4 is 56.5 Å². The fourth-order valence-corrected chi connectivity index (χ4v) is 10.1. The maximum absolute atomic E-state index is 13.6. The van der Waals surface area contributed by atoms with Crippen LogP contribution in [0.25, 0.3) is 0 Å². The van der Waals surface area contributed by atoms with Crippen molar-refractivity contribution in [1.29, 1.82) is 0 Å². The number of rotatable bonds is 2. The van der Waals surface area contributed by atoms with Gasteiger partial charge in [-0.15, -0.1) is 11.8 Å². The summed E-state index contributed by atoms with van der Waals surface area (Å²) < 4.78 is 14.5. The molecule has 2 bridgehead atoms. The van der Waals surface area contributed by atoms with E-state index >= 15 is 0 Å². The van der Waals surface area contributed by atoms with Crippen LogP contribution in [0.1, 0.15) is 22.8 Å². The van der Waals surface area contributed by atoms with Crippen molar-refractivity contribution in [3.63, 3.8) is 0 Å². The molecule has 3 aromatic rings. The van der Waals surface area contributed by atoms with E-state index in [2.05, 4.69) is 33.0 Å². The number of H-pyrrole nitrogens is 1. The van der Waals surface area contributed by atoms with E-state index in [0.29, 0.717) is 5.69 Å². The van der Waals surface area contributed by atoms with Gasteiger partial charge in [-0.25, -0.2) is 4.39 Å². The molecule has 5 nitrogen and oxygen atoms in total. The predicted octanol–water partition coefficient (Wildman–Crippen LogP) is 5.02. The summed E-state index contributed by atoms with van der Waals surface area (Å²) in [4.78, 5) is 44.7. The topological polar surface area (TPSA) is 70.2 Å². The molecule has 7 unspecified atom stereocenters. The van der Waals surface area contributed by atoms with Crippen molar-refractivity contribution in [3.05, 3.63) is 78.9 Å². The molecule has 9 heteroatoms. The Labute approximate surface area is 210 Å². The number of aromatic nitrogens is 1. The first-order valence-electron chi connectivity index (χ1n) is 11.2. The summed E-state index contributed by atoms with van der Waals surface area (Å²) >= 11 is 6.45. The third-order valence-corrected chi connectivity index (χ3v) is 11.2. The van der Waals surface area contributed by atoms with Gasteiger partial charge in [-0.3, -0.25) is 19.3 Å². The molecule has 1 saturated heterocycles. The summed E-state index contributed by atoms with van der Waals surface area (Å²) in [5, 5.41) is 1.06. The molecule has 0 spiro atoms. The number of carbonyl (C=O) groups is 2. The first-order valence-corrected chi connectivity index (χ1v) is 13.7.